The van der Waals surface area contributed by atoms with Crippen LogP contribution < -0.4 is 19.5 Å². The van der Waals surface area contributed by atoms with Crippen LogP contribution in [0, 0.1) is 0 Å². The Morgan fingerprint density at radius 1 is 0.567 bits per heavy atom. The third kappa shape index (κ3) is 3.77. The van der Waals surface area contributed by atoms with Gasteiger partial charge in [0.1, 0.15) is 5.75 Å². The molecule has 0 unspecified atom stereocenters. The summed E-state index contributed by atoms with van der Waals surface area (Å²) >= 11 is 0. The SMILES string of the molecule is COc1ccc([C@H](Nc2ccc(OC)c3ccccc23)c2ccccc2)cc1OC. The zero-order valence-electron chi connectivity index (χ0n) is 17.4. The molecule has 4 rings (SSSR count). The fourth-order valence-corrected chi connectivity index (χ4v) is 3.77. The van der Waals surface area contributed by atoms with E-state index in [4.69, 9.17) is 14.2 Å². The van der Waals surface area contributed by atoms with Gasteiger partial charge in [-0.1, -0.05) is 60.7 Å². The molecule has 0 aliphatic rings. The van der Waals surface area contributed by atoms with E-state index in [0.717, 1.165) is 33.3 Å². The lowest BCUT2D eigenvalue weighted by molar-refractivity contribution is 0.354. The van der Waals surface area contributed by atoms with Crippen molar-refractivity contribution in [1.29, 1.82) is 0 Å². The molecule has 0 aromatic heterocycles. The van der Waals surface area contributed by atoms with Crippen molar-refractivity contribution in [2.75, 3.05) is 26.6 Å². The summed E-state index contributed by atoms with van der Waals surface area (Å²) in [5.41, 5.74) is 3.28. The first-order valence-electron chi connectivity index (χ1n) is 9.84. The van der Waals surface area contributed by atoms with Crippen LogP contribution in [0.2, 0.25) is 0 Å². The van der Waals surface area contributed by atoms with Gasteiger partial charge in [0.15, 0.2) is 11.5 Å². The number of hydrogen-bond donors (Lipinski definition) is 1. The minimum Gasteiger partial charge on any atom is -0.496 e. The summed E-state index contributed by atoms with van der Waals surface area (Å²) in [6.07, 6.45) is 0. The van der Waals surface area contributed by atoms with E-state index < -0.39 is 0 Å². The Morgan fingerprint density at radius 2 is 1.20 bits per heavy atom. The summed E-state index contributed by atoms with van der Waals surface area (Å²) in [6.45, 7) is 0. The van der Waals surface area contributed by atoms with Crippen molar-refractivity contribution < 1.29 is 14.2 Å². The minimum absolute atomic E-state index is 0.0668. The van der Waals surface area contributed by atoms with Gasteiger partial charge in [0, 0.05) is 16.5 Å². The van der Waals surface area contributed by atoms with Crippen LogP contribution in [0.5, 0.6) is 17.2 Å². The van der Waals surface area contributed by atoms with Crippen molar-refractivity contribution in [2.24, 2.45) is 0 Å². The highest BCUT2D eigenvalue weighted by Gasteiger charge is 2.18. The minimum atomic E-state index is -0.0668. The van der Waals surface area contributed by atoms with Crippen LogP contribution >= 0.6 is 0 Å². The molecule has 4 nitrogen and oxygen atoms in total. The summed E-state index contributed by atoms with van der Waals surface area (Å²) in [7, 11) is 5.00. The molecule has 0 bridgehead atoms. The van der Waals surface area contributed by atoms with E-state index in [2.05, 4.69) is 53.8 Å². The fourth-order valence-electron chi connectivity index (χ4n) is 3.77. The smallest absolute Gasteiger partial charge is 0.161 e. The van der Waals surface area contributed by atoms with Gasteiger partial charge in [0.05, 0.1) is 27.4 Å². The molecule has 4 heteroatoms. The highest BCUT2D eigenvalue weighted by molar-refractivity contribution is 5.98. The first-order chi connectivity index (χ1) is 14.7. The van der Waals surface area contributed by atoms with Crippen LogP contribution in [0.4, 0.5) is 5.69 Å². The summed E-state index contributed by atoms with van der Waals surface area (Å²) in [5.74, 6) is 2.28. The van der Waals surface area contributed by atoms with Gasteiger partial charge in [-0.15, -0.1) is 0 Å². The van der Waals surface area contributed by atoms with Gasteiger partial charge < -0.3 is 19.5 Å². The molecule has 4 aromatic rings. The zero-order valence-corrected chi connectivity index (χ0v) is 17.4. The number of ether oxygens (including phenoxy) is 3. The highest BCUT2D eigenvalue weighted by atomic mass is 16.5. The molecule has 0 heterocycles. The predicted octanol–water partition coefficient (Wildman–Crippen LogP) is 6.07. The molecule has 152 valence electrons. The highest BCUT2D eigenvalue weighted by Crippen LogP contribution is 2.37. The summed E-state index contributed by atoms with van der Waals surface area (Å²) in [6, 6.07) is 28.7. The van der Waals surface area contributed by atoms with Crippen LogP contribution in [0.15, 0.2) is 84.9 Å². The van der Waals surface area contributed by atoms with Crippen LogP contribution in [0.1, 0.15) is 17.2 Å². The maximum Gasteiger partial charge on any atom is 0.161 e. The quantitative estimate of drug-likeness (QED) is 0.410. The number of hydrogen-bond acceptors (Lipinski definition) is 4. The Balaban J connectivity index is 1.82. The maximum atomic E-state index is 5.55. The second-order valence-corrected chi connectivity index (χ2v) is 6.96. The third-order valence-corrected chi connectivity index (χ3v) is 5.28. The lowest BCUT2D eigenvalue weighted by Crippen LogP contribution is -2.13. The van der Waals surface area contributed by atoms with E-state index in [1.165, 1.54) is 0 Å². The Kier molecular flexibility index (Phi) is 5.75. The van der Waals surface area contributed by atoms with Gasteiger partial charge in [-0.2, -0.15) is 0 Å². The average molecular weight is 399 g/mol. The van der Waals surface area contributed by atoms with Crippen molar-refractivity contribution in [3.8, 4) is 17.2 Å². The van der Waals surface area contributed by atoms with Crippen molar-refractivity contribution in [1.82, 2.24) is 0 Å². The molecule has 0 amide bonds. The Morgan fingerprint density at radius 3 is 1.90 bits per heavy atom. The molecule has 30 heavy (non-hydrogen) atoms. The molecular formula is C26H25NO3. The number of benzene rings is 4. The molecule has 0 radical (unpaired) electrons. The predicted molar refractivity (Wildman–Crippen MR) is 122 cm³/mol. The molecule has 1 atom stereocenters. The van der Waals surface area contributed by atoms with E-state index in [1.807, 2.05) is 36.4 Å². The lowest BCUT2D eigenvalue weighted by Gasteiger charge is -2.23. The van der Waals surface area contributed by atoms with Gasteiger partial charge in [-0.25, -0.2) is 0 Å². The second-order valence-electron chi connectivity index (χ2n) is 6.96. The molecule has 0 aliphatic carbocycles. The van der Waals surface area contributed by atoms with Gasteiger partial charge in [0.25, 0.3) is 0 Å². The largest absolute Gasteiger partial charge is 0.496 e. The van der Waals surface area contributed by atoms with Crippen molar-refractivity contribution in [3.63, 3.8) is 0 Å². The third-order valence-electron chi connectivity index (χ3n) is 5.28. The second kappa shape index (κ2) is 8.78. The van der Waals surface area contributed by atoms with Crippen molar-refractivity contribution in [2.45, 2.75) is 6.04 Å². The summed E-state index contributed by atoms with van der Waals surface area (Å²) in [5, 5.41) is 5.93. The first-order valence-corrected chi connectivity index (χ1v) is 9.84. The molecule has 1 N–H and O–H groups in total. The monoisotopic (exact) mass is 399 g/mol. The zero-order chi connectivity index (χ0) is 20.9. The Hall–Kier alpha value is -3.66. The van der Waals surface area contributed by atoms with Gasteiger partial charge in [-0.3, -0.25) is 0 Å². The van der Waals surface area contributed by atoms with Crippen LogP contribution in [0.25, 0.3) is 10.8 Å². The maximum absolute atomic E-state index is 5.55. The molecule has 4 aromatic carbocycles. The van der Waals surface area contributed by atoms with E-state index >= 15 is 0 Å². The summed E-state index contributed by atoms with van der Waals surface area (Å²) < 4.78 is 16.5. The van der Waals surface area contributed by atoms with E-state index in [1.54, 1.807) is 21.3 Å². The standard InChI is InChI=1S/C26H25NO3/c1-28-23-16-14-22(20-11-7-8-12-21(20)23)27-26(18-9-5-4-6-10-18)19-13-15-24(29-2)25(17-19)30-3/h4-17,26-27H,1-3H3/t26-/m1/s1. The number of anilines is 1. The number of rotatable bonds is 7. The van der Waals surface area contributed by atoms with Gasteiger partial charge in [-0.05, 0) is 35.4 Å². The van der Waals surface area contributed by atoms with Crippen LogP contribution in [-0.4, -0.2) is 21.3 Å². The van der Waals surface area contributed by atoms with E-state index in [-0.39, 0.29) is 6.04 Å². The topological polar surface area (TPSA) is 39.7 Å². The van der Waals surface area contributed by atoms with E-state index in [9.17, 15) is 0 Å². The number of methoxy groups -OCH3 is 3. The molecular weight excluding hydrogens is 374 g/mol. The van der Waals surface area contributed by atoms with Crippen molar-refractivity contribution >= 4 is 16.5 Å². The lowest BCUT2D eigenvalue weighted by atomic mass is 9.97. The molecule has 0 aliphatic heterocycles. The Bertz CT molecular complexity index is 1140. The van der Waals surface area contributed by atoms with Gasteiger partial charge >= 0.3 is 0 Å². The molecule has 0 saturated heterocycles. The van der Waals surface area contributed by atoms with Crippen LogP contribution in [0.3, 0.4) is 0 Å². The number of fused-ring (bicyclic) bond motifs is 1. The normalized spacial score (nSPS) is 11.7. The average Bonchev–Trinajstić information content (AvgIpc) is 2.82. The molecule has 0 spiro atoms. The van der Waals surface area contributed by atoms with E-state index in [0.29, 0.717) is 11.5 Å². The van der Waals surface area contributed by atoms with Crippen LogP contribution in [-0.2, 0) is 0 Å². The van der Waals surface area contributed by atoms with Gasteiger partial charge in [0.2, 0.25) is 0 Å². The Labute approximate surface area is 177 Å². The molecule has 0 saturated carbocycles. The summed E-state index contributed by atoms with van der Waals surface area (Å²) in [4.78, 5) is 0. The molecule has 0 fully saturated rings. The van der Waals surface area contributed by atoms with Crippen molar-refractivity contribution in [3.05, 3.63) is 96.1 Å². The first kappa shape index (κ1) is 19.6. The number of nitrogens with one attached hydrogen (secondary N) is 1. The fraction of sp³-hybridized carbons (Fsp3) is 0.154.